The molecule has 0 N–H and O–H groups in total. The molecule has 0 atom stereocenters. The fourth-order valence-electron chi connectivity index (χ4n) is 3.04. The maximum Gasteiger partial charge on any atom is 0.255 e. The molecule has 2 heterocycles. The highest BCUT2D eigenvalue weighted by Crippen LogP contribution is 2.29. The topological polar surface area (TPSA) is 44.1 Å². The molecule has 0 aliphatic carbocycles. The number of hydrogen-bond donors (Lipinski definition) is 0. The van der Waals surface area contributed by atoms with Crippen LogP contribution in [0.15, 0.2) is 82.6 Å². The van der Waals surface area contributed by atoms with Crippen molar-refractivity contribution in [3.8, 4) is 11.4 Å². The molecule has 0 amide bonds. The first-order valence-electron chi connectivity index (χ1n) is 8.68. The van der Waals surface area contributed by atoms with Gasteiger partial charge in [-0.1, -0.05) is 41.9 Å². The van der Waals surface area contributed by atoms with Crippen molar-refractivity contribution >= 4 is 34.3 Å². The van der Waals surface area contributed by atoms with E-state index in [9.17, 15) is 4.79 Å². The minimum Gasteiger partial charge on any atom is -0.493 e. The van der Waals surface area contributed by atoms with Crippen molar-refractivity contribution in [1.29, 1.82) is 0 Å². The van der Waals surface area contributed by atoms with Crippen LogP contribution in [0, 0.1) is 0 Å². The summed E-state index contributed by atoms with van der Waals surface area (Å²) in [6.07, 6.45) is 1.52. The fraction of sp³-hybridized carbons (Fsp3) is 0.0909. The van der Waals surface area contributed by atoms with Crippen LogP contribution in [0.25, 0.3) is 16.6 Å². The molecule has 0 saturated heterocycles. The number of fused-ring (bicyclic) bond motifs is 1. The Morgan fingerprint density at radius 2 is 1.89 bits per heavy atom. The molecule has 2 aromatic heterocycles. The summed E-state index contributed by atoms with van der Waals surface area (Å²) in [7, 11) is 1.54. The van der Waals surface area contributed by atoms with Crippen LogP contribution >= 0.6 is 23.4 Å². The lowest BCUT2D eigenvalue weighted by molar-refractivity contribution is 0.411. The minimum atomic E-state index is -0.155. The molecule has 140 valence electrons. The summed E-state index contributed by atoms with van der Waals surface area (Å²) in [5.74, 6) is 1.38. The summed E-state index contributed by atoms with van der Waals surface area (Å²) in [6.45, 7) is 0. The molecule has 0 aliphatic rings. The third-order valence-electron chi connectivity index (χ3n) is 4.39. The first kappa shape index (κ1) is 18.6. The van der Waals surface area contributed by atoms with Gasteiger partial charge in [0.25, 0.3) is 5.56 Å². The molecule has 4 nitrogen and oxygen atoms in total. The summed E-state index contributed by atoms with van der Waals surface area (Å²) in [4.78, 5) is 17.8. The summed E-state index contributed by atoms with van der Waals surface area (Å²) >= 11 is 7.83. The predicted molar refractivity (Wildman–Crippen MR) is 115 cm³/mol. The summed E-state index contributed by atoms with van der Waals surface area (Å²) < 4.78 is 6.99. The van der Waals surface area contributed by atoms with Gasteiger partial charge in [0.1, 0.15) is 5.15 Å². The maximum atomic E-state index is 12.6. The van der Waals surface area contributed by atoms with Crippen LogP contribution in [-0.4, -0.2) is 16.7 Å². The standard InChI is InChI=1S/C22H17ClN2O2S/c1-27-20-13-24-21(23)12-19(20)25-18-9-8-17(11-16(18)7-10-22(25)26)28-14-15-5-3-2-4-6-15/h2-13H,14H2,1H3. The van der Waals surface area contributed by atoms with Gasteiger partial charge >= 0.3 is 0 Å². The number of thioether (sulfide) groups is 1. The second-order valence-corrected chi connectivity index (χ2v) is 7.62. The molecule has 4 aromatic rings. The molecule has 0 bridgehead atoms. The molecule has 6 heteroatoms. The van der Waals surface area contributed by atoms with Gasteiger partial charge in [-0.2, -0.15) is 0 Å². The molecule has 4 rings (SSSR count). The van der Waals surface area contributed by atoms with E-state index in [-0.39, 0.29) is 5.56 Å². The smallest absolute Gasteiger partial charge is 0.255 e. The number of halogens is 1. The van der Waals surface area contributed by atoms with Crippen molar-refractivity contribution in [3.63, 3.8) is 0 Å². The number of nitrogens with zero attached hydrogens (tertiary/aromatic N) is 2. The van der Waals surface area contributed by atoms with Gasteiger partial charge in [0, 0.05) is 22.8 Å². The molecule has 2 aromatic carbocycles. The second-order valence-electron chi connectivity index (χ2n) is 6.18. The number of hydrogen-bond acceptors (Lipinski definition) is 4. The lowest BCUT2D eigenvalue weighted by Gasteiger charge is -2.14. The normalized spacial score (nSPS) is 10.9. The molecular weight excluding hydrogens is 392 g/mol. The van der Waals surface area contributed by atoms with E-state index in [2.05, 4.69) is 23.2 Å². The Bertz CT molecular complexity index is 1190. The zero-order valence-electron chi connectivity index (χ0n) is 15.1. The van der Waals surface area contributed by atoms with Crippen molar-refractivity contribution in [2.75, 3.05) is 7.11 Å². The summed E-state index contributed by atoms with van der Waals surface area (Å²) in [6, 6.07) is 21.5. The lowest BCUT2D eigenvalue weighted by atomic mass is 10.2. The Kier molecular flexibility index (Phi) is 5.37. The number of methoxy groups -OCH3 is 1. The van der Waals surface area contributed by atoms with Crippen LogP contribution in [0.5, 0.6) is 5.75 Å². The van der Waals surface area contributed by atoms with Crippen LogP contribution in [0.2, 0.25) is 5.15 Å². The quantitative estimate of drug-likeness (QED) is 0.330. The van der Waals surface area contributed by atoms with Crippen molar-refractivity contribution in [2.45, 2.75) is 10.6 Å². The molecule has 0 unspecified atom stereocenters. The molecule has 0 radical (unpaired) electrons. The molecular formula is C22H17ClN2O2S. The first-order chi connectivity index (χ1) is 13.7. The number of aromatic nitrogens is 2. The van der Waals surface area contributed by atoms with Gasteiger partial charge in [-0.15, -0.1) is 11.8 Å². The molecule has 0 aliphatic heterocycles. The number of ether oxygens (including phenoxy) is 1. The van der Waals surface area contributed by atoms with Crippen molar-refractivity contribution in [3.05, 3.63) is 94.0 Å². The highest BCUT2D eigenvalue weighted by Gasteiger charge is 2.12. The Morgan fingerprint density at radius 1 is 1.07 bits per heavy atom. The fourth-order valence-corrected chi connectivity index (χ4v) is 4.10. The van der Waals surface area contributed by atoms with Crippen LogP contribution in [0.1, 0.15) is 5.56 Å². The van der Waals surface area contributed by atoms with E-state index in [4.69, 9.17) is 16.3 Å². The van der Waals surface area contributed by atoms with Gasteiger partial charge in [0.05, 0.1) is 24.5 Å². The Morgan fingerprint density at radius 3 is 2.68 bits per heavy atom. The predicted octanol–water partition coefficient (Wildman–Crippen LogP) is 5.34. The van der Waals surface area contributed by atoms with Crippen LogP contribution in [0.4, 0.5) is 0 Å². The number of rotatable bonds is 5. The average molecular weight is 409 g/mol. The van der Waals surface area contributed by atoms with Crippen LogP contribution < -0.4 is 10.3 Å². The van der Waals surface area contributed by atoms with E-state index in [0.29, 0.717) is 16.6 Å². The Balaban J connectivity index is 1.76. The monoisotopic (exact) mass is 408 g/mol. The molecule has 0 spiro atoms. The summed E-state index contributed by atoms with van der Waals surface area (Å²) in [5.41, 5.74) is 2.48. The highest BCUT2D eigenvalue weighted by molar-refractivity contribution is 7.98. The molecule has 28 heavy (non-hydrogen) atoms. The van der Waals surface area contributed by atoms with Gasteiger partial charge in [-0.05, 0) is 35.2 Å². The largest absolute Gasteiger partial charge is 0.493 e. The first-order valence-corrected chi connectivity index (χ1v) is 10.0. The van der Waals surface area contributed by atoms with Gasteiger partial charge < -0.3 is 4.74 Å². The SMILES string of the molecule is COc1cnc(Cl)cc1-n1c(=O)ccc2cc(SCc3ccccc3)ccc21. The molecule has 0 fully saturated rings. The lowest BCUT2D eigenvalue weighted by Crippen LogP contribution is -2.18. The number of pyridine rings is 2. The van der Waals surface area contributed by atoms with Crippen molar-refractivity contribution in [1.82, 2.24) is 9.55 Å². The van der Waals surface area contributed by atoms with E-state index in [1.807, 2.05) is 36.4 Å². The third-order valence-corrected chi connectivity index (χ3v) is 5.66. The maximum absolute atomic E-state index is 12.6. The third kappa shape index (κ3) is 3.77. The second kappa shape index (κ2) is 8.09. The van der Waals surface area contributed by atoms with Gasteiger partial charge in [-0.25, -0.2) is 4.98 Å². The number of benzene rings is 2. The van der Waals surface area contributed by atoms with E-state index in [1.165, 1.54) is 11.8 Å². The van der Waals surface area contributed by atoms with Gasteiger partial charge in [0.2, 0.25) is 0 Å². The van der Waals surface area contributed by atoms with E-state index >= 15 is 0 Å². The van der Waals surface area contributed by atoms with Crippen molar-refractivity contribution < 1.29 is 4.74 Å². The van der Waals surface area contributed by atoms with Crippen molar-refractivity contribution in [2.24, 2.45) is 0 Å². The highest BCUT2D eigenvalue weighted by atomic mass is 35.5. The van der Waals surface area contributed by atoms with E-state index in [0.717, 1.165) is 21.6 Å². The van der Waals surface area contributed by atoms with E-state index < -0.39 is 0 Å². The van der Waals surface area contributed by atoms with Gasteiger partial charge in [-0.3, -0.25) is 9.36 Å². The zero-order chi connectivity index (χ0) is 19.5. The molecule has 0 saturated carbocycles. The minimum absolute atomic E-state index is 0.155. The summed E-state index contributed by atoms with van der Waals surface area (Å²) in [5, 5.41) is 1.27. The van der Waals surface area contributed by atoms with Crippen LogP contribution in [-0.2, 0) is 5.75 Å². The van der Waals surface area contributed by atoms with Gasteiger partial charge in [0.15, 0.2) is 5.75 Å². The average Bonchev–Trinajstić information content (AvgIpc) is 2.73. The Labute approximate surface area is 171 Å². The Hall–Kier alpha value is -2.76. The van der Waals surface area contributed by atoms with Crippen LogP contribution in [0.3, 0.4) is 0 Å². The zero-order valence-corrected chi connectivity index (χ0v) is 16.7. The van der Waals surface area contributed by atoms with E-state index in [1.54, 1.807) is 35.6 Å².